The van der Waals surface area contributed by atoms with Crippen LogP contribution in [0.25, 0.3) is 0 Å². The van der Waals surface area contributed by atoms with Crippen LogP contribution in [0.1, 0.15) is 38.5 Å². The van der Waals surface area contributed by atoms with Crippen molar-refractivity contribution in [2.75, 3.05) is 118 Å². The Labute approximate surface area is 261 Å². The van der Waals surface area contributed by atoms with E-state index in [0.717, 1.165) is 31.4 Å². The summed E-state index contributed by atoms with van der Waals surface area (Å²) in [6.45, 7) is 8.87. The molecule has 0 aliphatic carbocycles. The van der Waals surface area contributed by atoms with Crippen molar-refractivity contribution in [3.63, 3.8) is 0 Å². The van der Waals surface area contributed by atoms with Gasteiger partial charge in [-0.05, 0) is 19.3 Å². The van der Waals surface area contributed by atoms with Crippen molar-refractivity contribution in [1.29, 1.82) is 0 Å². The maximum absolute atomic E-state index is 12.1. The third-order valence-electron chi connectivity index (χ3n) is 6.74. The number of carbonyl (C=O) groups excluding carboxylic acids is 2. The molecule has 0 radical (unpaired) electrons. The molecule has 14 heteroatoms. The van der Waals surface area contributed by atoms with E-state index in [1.165, 1.54) is 0 Å². The molecule has 0 spiro atoms. The van der Waals surface area contributed by atoms with E-state index in [-0.39, 0.29) is 18.1 Å². The predicted molar refractivity (Wildman–Crippen MR) is 164 cm³/mol. The Hall–Kier alpha value is -1.07. The number of fused-ring (bicyclic) bond motifs is 1. The van der Waals surface area contributed by atoms with Gasteiger partial charge in [0.15, 0.2) is 0 Å². The molecule has 4 N–H and O–H groups in total. The maximum Gasteiger partial charge on any atom is 0.315 e. The second-order valence-corrected chi connectivity index (χ2v) is 11.5. The molecular formula is C29H55N3O10S. The smallest absolute Gasteiger partial charge is 0.315 e. The summed E-state index contributed by atoms with van der Waals surface area (Å²) >= 11 is 1.92. The topological polar surface area (TPSA) is 158 Å². The van der Waals surface area contributed by atoms with Crippen molar-refractivity contribution < 1.29 is 47.5 Å². The second-order valence-electron chi connectivity index (χ2n) is 10.2. The monoisotopic (exact) mass is 637 g/mol. The van der Waals surface area contributed by atoms with E-state index in [1.807, 2.05) is 11.8 Å². The van der Waals surface area contributed by atoms with Gasteiger partial charge in [0.25, 0.3) is 0 Å². The first-order valence-electron chi connectivity index (χ1n) is 15.7. The number of hydrogen-bond acceptors (Lipinski definition) is 12. The number of Topliss-reactive ketones (excluding diaryl/α,β-unsaturated/α-hetero) is 1. The van der Waals surface area contributed by atoms with E-state index in [1.54, 1.807) is 0 Å². The Balaban J connectivity index is 1.19. The number of urea groups is 1. The third-order valence-corrected chi connectivity index (χ3v) is 8.25. The van der Waals surface area contributed by atoms with Crippen LogP contribution in [-0.2, 0) is 42.7 Å². The van der Waals surface area contributed by atoms with Crippen LogP contribution in [0.2, 0.25) is 0 Å². The summed E-state index contributed by atoms with van der Waals surface area (Å²) in [5.41, 5.74) is 5.33. The molecule has 2 aliphatic rings. The number of hydrogen-bond donors (Lipinski definition) is 3. The molecule has 0 bridgehead atoms. The van der Waals surface area contributed by atoms with Crippen LogP contribution in [0.5, 0.6) is 0 Å². The number of nitrogens with one attached hydrogen (secondary N) is 2. The lowest BCUT2D eigenvalue weighted by atomic mass is 10.0. The van der Waals surface area contributed by atoms with Crippen LogP contribution in [0, 0.1) is 0 Å². The molecule has 2 aliphatic heterocycles. The summed E-state index contributed by atoms with van der Waals surface area (Å²) in [6, 6.07) is 0.456. The van der Waals surface area contributed by atoms with Gasteiger partial charge in [-0.25, -0.2) is 4.79 Å². The average Bonchev–Trinajstić information content (AvgIpc) is 3.56. The Morgan fingerprint density at radius 2 is 1.07 bits per heavy atom. The van der Waals surface area contributed by atoms with Crippen LogP contribution in [0.4, 0.5) is 4.79 Å². The lowest BCUT2D eigenvalue weighted by Gasteiger charge is -2.16. The highest BCUT2D eigenvalue weighted by molar-refractivity contribution is 8.00. The fourth-order valence-corrected chi connectivity index (χ4v) is 6.08. The average molecular weight is 638 g/mol. The molecule has 43 heavy (non-hydrogen) atoms. The molecule has 0 aromatic rings. The van der Waals surface area contributed by atoms with Gasteiger partial charge in [-0.1, -0.05) is 6.42 Å². The molecule has 3 atom stereocenters. The molecule has 2 saturated heterocycles. The van der Waals surface area contributed by atoms with E-state index in [0.29, 0.717) is 136 Å². The standard InChI is InChI=1S/C29H55N3O10S/c30-7-9-36-11-13-38-15-17-40-19-21-42-23-22-41-20-18-39-16-14-37-12-10-35-8-3-5-25(33)4-1-2-6-27-28-26(24-43-27)31-29(34)32-28/h26-28H,1-24,30H2,(H2,31,32,34)/t26-,27-,28-/m0/s1. The quantitative estimate of drug-likeness (QED) is 0.0715. The number of nitrogens with two attached hydrogens (primary N) is 1. The summed E-state index contributed by atoms with van der Waals surface area (Å²) in [5, 5.41) is 6.44. The molecule has 0 aromatic carbocycles. The molecule has 2 amide bonds. The molecule has 13 nitrogen and oxygen atoms in total. The van der Waals surface area contributed by atoms with E-state index in [4.69, 9.17) is 43.6 Å². The van der Waals surface area contributed by atoms with Gasteiger partial charge < -0.3 is 54.3 Å². The van der Waals surface area contributed by atoms with E-state index < -0.39 is 0 Å². The zero-order valence-corrected chi connectivity index (χ0v) is 26.6. The van der Waals surface area contributed by atoms with Crippen LogP contribution < -0.4 is 16.4 Å². The summed E-state index contributed by atoms with van der Waals surface area (Å²) < 4.78 is 43.4. The first kappa shape index (κ1) is 38.1. The number of ether oxygens (including phenoxy) is 8. The minimum absolute atomic E-state index is 0.0483. The SMILES string of the molecule is NCCOCCOCCOCCOCCOCCOCCOCCOCCCC(=O)CCCC[C@@H]1SC[C@@H]2NC(=O)N[C@@H]21. The Bertz CT molecular complexity index is 697. The van der Waals surface area contributed by atoms with Crippen molar-refractivity contribution in [1.82, 2.24) is 10.6 Å². The summed E-state index contributed by atoms with van der Waals surface area (Å²) in [7, 11) is 0. The maximum atomic E-state index is 12.1. The van der Waals surface area contributed by atoms with Crippen molar-refractivity contribution in [2.45, 2.75) is 55.9 Å². The predicted octanol–water partition coefficient (Wildman–Crippen LogP) is 1.15. The normalized spacial score (nSPS) is 19.5. The summed E-state index contributed by atoms with van der Waals surface area (Å²) in [4.78, 5) is 23.6. The fraction of sp³-hybridized carbons (Fsp3) is 0.931. The first-order chi connectivity index (χ1) is 21.2. The molecule has 0 saturated carbocycles. The van der Waals surface area contributed by atoms with Gasteiger partial charge in [0, 0.05) is 37.0 Å². The third kappa shape index (κ3) is 20.6. The highest BCUT2D eigenvalue weighted by Crippen LogP contribution is 2.33. The summed E-state index contributed by atoms with van der Waals surface area (Å²) in [6.07, 6.45) is 4.89. The molecule has 252 valence electrons. The molecule has 2 fully saturated rings. The van der Waals surface area contributed by atoms with Crippen molar-refractivity contribution >= 4 is 23.6 Å². The second kappa shape index (κ2) is 27.3. The minimum Gasteiger partial charge on any atom is -0.379 e. The number of carbonyl (C=O) groups is 2. The number of ketones is 1. The van der Waals surface area contributed by atoms with Gasteiger partial charge in [-0.3, -0.25) is 4.79 Å². The Morgan fingerprint density at radius 3 is 1.56 bits per heavy atom. The number of rotatable bonds is 32. The molecule has 2 rings (SSSR count). The Kier molecular flexibility index (Phi) is 24.2. The van der Waals surface area contributed by atoms with Crippen molar-refractivity contribution in [3.8, 4) is 0 Å². The lowest BCUT2D eigenvalue weighted by Crippen LogP contribution is -2.36. The molecule has 0 unspecified atom stereocenters. The minimum atomic E-state index is -0.0483. The molecular weight excluding hydrogens is 582 g/mol. The first-order valence-corrected chi connectivity index (χ1v) is 16.8. The van der Waals surface area contributed by atoms with E-state index in [9.17, 15) is 9.59 Å². The zero-order chi connectivity index (χ0) is 30.6. The number of amides is 2. The van der Waals surface area contributed by atoms with Crippen LogP contribution >= 0.6 is 11.8 Å². The highest BCUT2D eigenvalue weighted by Gasteiger charge is 2.42. The largest absolute Gasteiger partial charge is 0.379 e. The lowest BCUT2D eigenvalue weighted by molar-refractivity contribution is -0.119. The van der Waals surface area contributed by atoms with Gasteiger partial charge in [0.1, 0.15) is 5.78 Å². The van der Waals surface area contributed by atoms with Gasteiger partial charge in [0.2, 0.25) is 0 Å². The van der Waals surface area contributed by atoms with E-state index >= 15 is 0 Å². The van der Waals surface area contributed by atoms with Crippen LogP contribution in [0.3, 0.4) is 0 Å². The van der Waals surface area contributed by atoms with Crippen molar-refractivity contribution in [2.24, 2.45) is 5.73 Å². The molecule has 2 heterocycles. The number of unbranched alkanes of at least 4 members (excludes halogenated alkanes) is 1. The highest BCUT2D eigenvalue weighted by atomic mass is 32.2. The Morgan fingerprint density at radius 1 is 0.628 bits per heavy atom. The summed E-state index contributed by atoms with van der Waals surface area (Å²) in [5.74, 6) is 1.27. The van der Waals surface area contributed by atoms with Gasteiger partial charge in [0.05, 0.1) is 111 Å². The van der Waals surface area contributed by atoms with Gasteiger partial charge in [-0.2, -0.15) is 11.8 Å². The number of thioether (sulfide) groups is 1. The van der Waals surface area contributed by atoms with E-state index in [2.05, 4.69) is 10.6 Å². The molecule has 0 aromatic heterocycles. The van der Waals surface area contributed by atoms with Crippen LogP contribution in [0.15, 0.2) is 0 Å². The van der Waals surface area contributed by atoms with Crippen molar-refractivity contribution in [3.05, 3.63) is 0 Å². The zero-order valence-electron chi connectivity index (χ0n) is 25.8. The van der Waals surface area contributed by atoms with Gasteiger partial charge in [-0.15, -0.1) is 0 Å². The van der Waals surface area contributed by atoms with Gasteiger partial charge >= 0.3 is 6.03 Å². The van der Waals surface area contributed by atoms with Crippen LogP contribution in [-0.4, -0.2) is 147 Å². The fourth-order valence-electron chi connectivity index (χ4n) is 4.53.